The van der Waals surface area contributed by atoms with E-state index in [-0.39, 0.29) is 5.91 Å². The van der Waals surface area contributed by atoms with Crippen molar-refractivity contribution >= 4 is 17.3 Å². The number of carbonyl (C=O) groups is 1. The van der Waals surface area contributed by atoms with Crippen LogP contribution in [0.25, 0.3) is 0 Å². The Kier molecular flexibility index (Phi) is 3.71. The number of methoxy groups -OCH3 is 1. The molecule has 19 heavy (non-hydrogen) atoms. The van der Waals surface area contributed by atoms with Gasteiger partial charge in [0.05, 0.1) is 7.11 Å². The Hall–Kier alpha value is -2.49. The van der Waals surface area contributed by atoms with E-state index in [0.717, 1.165) is 11.3 Å². The smallest absolute Gasteiger partial charge is 0.255 e. The Balaban J connectivity index is 2.13. The van der Waals surface area contributed by atoms with Crippen LogP contribution in [0.2, 0.25) is 0 Å². The van der Waals surface area contributed by atoms with Crippen molar-refractivity contribution in [2.45, 2.75) is 6.92 Å². The summed E-state index contributed by atoms with van der Waals surface area (Å²) in [6.45, 7) is 1.90. The molecule has 4 heteroatoms. The molecule has 0 saturated carbocycles. The van der Waals surface area contributed by atoms with Crippen molar-refractivity contribution in [2.75, 3.05) is 18.2 Å². The molecule has 0 spiro atoms. The minimum Gasteiger partial charge on any atom is -0.497 e. The van der Waals surface area contributed by atoms with Gasteiger partial charge >= 0.3 is 0 Å². The number of nitrogen functional groups attached to an aromatic ring is 1. The number of hydrogen-bond acceptors (Lipinski definition) is 3. The van der Waals surface area contributed by atoms with Gasteiger partial charge in [-0.15, -0.1) is 0 Å². The van der Waals surface area contributed by atoms with Crippen molar-refractivity contribution in [1.29, 1.82) is 0 Å². The molecule has 0 aromatic heterocycles. The van der Waals surface area contributed by atoms with E-state index in [1.54, 1.807) is 43.5 Å². The lowest BCUT2D eigenvalue weighted by Crippen LogP contribution is -2.12. The summed E-state index contributed by atoms with van der Waals surface area (Å²) in [5, 5.41) is 2.81. The zero-order valence-corrected chi connectivity index (χ0v) is 10.9. The van der Waals surface area contributed by atoms with Crippen LogP contribution < -0.4 is 15.8 Å². The molecule has 2 aromatic rings. The lowest BCUT2D eigenvalue weighted by Gasteiger charge is -2.07. The predicted molar refractivity (Wildman–Crippen MR) is 76.5 cm³/mol. The summed E-state index contributed by atoms with van der Waals surface area (Å²) in [6.07, 6.45) is 0. The van der Waals surface area contributed by atoms with Gasteiger partial charge in [0, 0.05) is 16.9 Å². The summed E-state index contributed by atoms with van der Waals surface area (Å²) in [7, 11) is 1.60. The number of amides is 1. The van der Waals surface area contributed by atoms with Gasteiger partial charge in [0.1, 0.15) is 5.75 Å². The van der Waals surface area contributed by atoms with Crippen molar-refractivity contribution in [3.05, 3.63) is 53.6 Å². The second kappa shape index (κ2) is 5.44. The number of carbonyl (C=O) groups excluding carboxylic acids is 1. The minimum absolute atomic E-state index is 0.183. The van der Waals surface area contributed by atoms with E-state index in [1.807, 2.05) is 13.0 Å². The van der Waals surface area contributed by atoms with E-state index in [9.17, 15) is 4.79 Å². The third kappa shape index (κ3) is 3.04. The summed E-state index contributed by atoms with van der Waals surface area (Å²) >= 11 is 0. The van der Waals surface area contributed by atoms with Crippen LogP contribution in [0.1, 0.15) is 15.9 Å². The largest absolute Gasteiger partial charge is 0.497 e. The van der Waals surface area contributed by atoms with Crippen LogP contribution in [-0.2, 0) is 0 Å². The second-order valence-corrected chi connectivity index (χ2v) is 4.25. The van der Waals surface area contributed by atoms with E-state index in [2.05, 4.69) is 5.32 Å². The molecule has 2 rings (SSSR count). The van der Waals surface area contributed by atoms with Gasteiger partial charge in [0.2, 0.25) is 0 Å². The second-order valence-electron chi connectivity index (χ2n) is 4.25. The number of nitrogens with two attached hydrogens (primary N) is 1. The van der Waals surface area contributed by atoms with Crippen molar-refractivity contribution in [3.63, 3.8) is 0 Å². The molecule has 3 N–H and O–H groups in total. The molecule has 0 unspecified atom stereocenters. The molecule has 0 atom stereocenters. The Morgan fingerprint density at radius 3 is 2.42 bits per heavy atom. The van der Waals surface area contributed by atoms with Gasteiger partial charge < -0.3 is 15.8 Å². The van der Waals surface area contributed by atoms with Crippen molar-refractivity contribution < 1.29 is 9.53 Å². The predicted octanol–water partition coefficient (Wildman–Crippen LogP) is 2.84. The first-order valence-corrected chi connectivity index (χ1v) is 5.91. The molecular formula is C15H16N2O2. The zero-order valence-electron chi connectivity index (χ0n) is 10.9. The van der Waals surface area contributed by atoms with E-state index >= 15 is 0 Å². The first-order chi connectivity index (χ1) is 9.10. The summed E-state index contributed by atoms with van der Waals surface area (Å²) in [5.74, 6) is 0.564. The molecule has 0 heterocycles. The highest BCUT2D eigenvalue weighted by Crippen LogP contribution is 2.17. The third-order valence-electron chi connectivity index (χ3n) is 2.89. The summed E-state index contributed by atoms with van der Waals surface area (Å²) < 4.78 is 5.06. The molecule has 0 fully saturated rings. The van der Waals surface area contributed by atoms with Crippen LogP contribution in [-0.4, -0.2) is 13.0 Å². The molecule has 4 nitrogen and oxygen atoms in total. The molecule has 0 aliphatic heterocycles. The summed E-state index contributed by atoms with van der Waals surface area (Å²) in [5.41, 5.74) is 8.62. The Morgan fingerprint density at radius 1 is 1.16 bits per heavy atom. The maximum absolute atomic E-state index is 12.0. The van der Waals surface area contributed by atoms with Gasteiger partial charge in [-0.1, -0.05) is 6.07 Å². The van der Waals surface area contributed by atoms with Gasteiger partial charge in [-0.05, 0) is 48.9 Å². The number of nitrogens with one attached hydrogen (secondary N) is 1. The summed E-state index contributed by atoms with van der Waals surface area (Å²) in [6, 6.07) is 12.4. The first kappa shape index (κ1) is 13.0. The average Bonchev–Trinajstić information content (AvgIpc) is 2.42. The highest BCUT2D eigenvalue weighted by Gasteiger charge is 2.07. The van der Waals surface area contributed by atoms with Gasteiger partial charge in [-0.25, -0.2) is 0 Å². The molecule has 1 amide bonds. The molecule has 0 bridgehead atoms. The van der Waals surface area contributed by atoms with E-state index in [1.165, 1.54) is 0 Å². The van der Waals surface area contributed by atoms with Crippen molar-refractivity contribution in [3.8, 4) is 5.75 Å². The number of anilines is 2. The zero-order chi connectivity index (χ0) is 13.8. The highest BCUT2D eigenvalue weighted by molar-refractivity contribution is 6.04. The van der Waals surface area contributed by atoms with Crippen molar-refractivity contribution in [1.82, 2.24) is 0 Å². The topological polar surface area (TPSA) is 64.3 Å². The van der Waals surface area contributed by atoms with Crippen LogP contribution in [0, 0.1) is 6.92 Å². The first-order valence-electron chi connectivity index (χ1n) is 5.91. The Labute approximate surface area is 112 Å². The monoisotopic (exact) mass is 256 g/mol. The molecular weight excluding hydrogens is 240 g/mol. The molecule has 0 aliphatic rings. The molecule has 98 valence electrons. The number of aryl methyl sites for hydroxylation is 1. The molecule has 0 saturated heterocycles. The maximum atomic E-state index is 12.0. The fourth-order valence-corrected chi connectivity index (χ4v) is 1.66. The van der Waals surface area contributed by atoms with E-state index in [0.29, 0.717) is 16.9 Å². The van der Waals surface area contributed by atoms with Gasteiger partial charge in [-0.2, -0.15) is 0 Å². The number of ether oxygens (including phenoxy) is 1. The molecule has 0 aliphatic carbocycles. The Morgan fingerprint density at radius 2 is 1.84 bits per heavy atom. The highest BCUT2D eigenvalue weighted by atomic mass is 16.5. The van der Waals surface area contributed by atoms with E-state index < -0.39 is 0 Å². The van der Waals surface area contributed by atoms with Crippen LogP contribution >= 0.6 is 0 Å². The maximum Gasteiger partial charge on any atom is 0.255 e. The van der Waals surface area contributed by atoms with Crippen LogP contribution in [0.15, 0.2) is 42.5 Å². The quantitative estimate of drug-likeness (QED) is 0.830. The number of rotatable bonds is 3. The van der Waals surface area contributed by atoms with Crippen molar-refractivity contribution in [2.24, 2.45) is 0 Å². The minimum atomic E-state index is -0.183. The van der Waals surface area contributed by atoms with Crippen LogP contribution in [0.5, 0.6) is 5.75 Å². The fourth-order valence-electron chi connectivity index (χ4n) is 1.66. The SMILES string of the molecule is COc1ccc(NC(=O)c2ccc(C)c(N)c2)cc1. The molecule has 2 aromatic carbocycles. The number of hydrogen-bond donors (Lipinski definition) is 2. The normalized spacial score (nSPS) is 10.0. The molecule has 0 radical (unpaired) electrons. The van der Waals surface area contributed by atoms with Crippen LogP contribution in [0.3, 0.4) is 0 Å². The van der Waals surface area contributed by atoms with Gasteiger partial charge in [0.25, 0.3) is 5.91 Å². The van der Waals surface area contributed by atoms with Gasteiger partial charge in [0.15, 0.2) is 0 Å². The summed E-state index contributed by atoms with van der Waals surface area (Å²) in [4.78, 5) is 12.0. The van der Waals surface area contributed by atoms with Gasteiger partial charge in [-0.3, -0.25) is 4.79 Å². The number of benzene rings is 2. The average molecular weight is 256 g/mol. The lowest BCUT2D eigenvalue weighted by molar-refractivity contribution is 0.102. The third-order valence-corrected chi connectivity index (χ3v) is 2.89. The lowest BCUT2D eigenvalue weighted by atomic mass is 10.1. The fraction of sp³-hybridized carbons (Fsp3) is 0.133. The standard InChI is InChI=1S/C15H16N2O2/c1-10-3-4-11(9-14(10)16)15(18)17-12-5-7-13(19-2)8-6-12/h3-9H,16H2,1-2H3,(H,17,18). The van der Waals surface area contributed by atoms with Crippen LogP contribution in [0.4, 0.5) is 11.4 Å². The Bertz CT molecular complexity index is 592. The van der Waals surface area contributed by atoms with E-state index in [4.69, 9.17) is 10.5 Å².